The predicted octanol–water partition coefficient (Wildman–Crippen LogP) is 3.04. The van der Waals surface area contributed by atoms with Gasteiger partial charge in [-0.1, -0.05) is 23.7 Å². The third-order valence-corrected chi connectivity index (χ3v) is 8.24. The van der Waals surface area contributed by atoms with Gasteiger partial charge < -0.3 is 29.7 Å². The van der Waals surface area contributed by atoms with Crippen molar-refractivity contribution in [2.75, 3.05) is 40.1 Å². The minimum atomic E-state index is -3.78. The molecule has 0 fully saturated rings. The highest BCUT2D eigenvalue weighted by Crippen LogP contribution is 2.43. The number of benzene rings is 3. The van der Waals surface area contributed by atoms with Gasteiger partial charge in [0.25, 0.3) is 27.7 Å². The third-order valence-electron chi connectivity index (χ3n) is 6.64. The van der Waals surface area contributed by atoms with Crippen LogP contribution in [0.25, 0.3) is 0 Å². The molecular formula is C28H29ClN4O8S. The molecule has 3 amide bonds. The van der Waals surface area contributed by atoms with Gasteiger partial charge in [-0.3, -0.25) is 19.1 Å². The molecule has 0 radical (unpaired) electrons. The number of sulfonamides is 1. The van der Waals surface area contributed by atoms with Gasteiger partial charge in [-0.15, -0.1) is 0 Å². The maximum Gasteiger partial charge on any atom is 0.264 e. The van der Waals surface area contributed by atoms with Crippen molar-refractivity contribution >= 4 is 45.0 Å². The number of nitrogens with one attached hydrogen (secondary N) is 3. The largest absolute Gasteiger partial charge is 0.496 e. The smallest absolute Gasteiger partial charge is 0.264 e. The van der Waals surface area contributed by atoms with E-state index in [1.807, 2.05) is 0 Å². The number of rotatable bonds is 10. The Balaban J connectivity index is 1.61. The van der Waals surface area contributed by atoms with Crippen LogP contribution >= 0.6 is 11.6 Å². The number of methoxy groups -OCH3 is 3. The summed E-state index contributed by atoms with van der Waals surface area (Å²) in [5.41, 5.74) is 1.45. The van der Waals surface area contributed by atoms with E-state index in [4.69, 9.17) is 25.8 Å². The summed E-state index contributed by atoms with van der Waals surface area (Å²) < 4.78 is 43.2. The number of amides is 3. The average Bonchev–Trinajstić information content (AvgIpc) is 2.98. The van der Waals surface area contributed by atoms with Gasteiger partial charge in [-0.25, -0.2) is 8.42 Å². The van der Waals surface area contributed by atoms with E-state index in [1.54, 1.807) is 30.3 Å². The zero-order valence-electron chi connectivity index (χ0n) is 23.5. The molecule has 0 saturated carbocycles. The Morgan fingerprint density at radius 2 is 1.64 bits per heavy atom. The van der Waals surface area contributed by atoms with Crippen LogP contribution in [0.15, 0.2) is 47.4 Å². The Labute approximate surface area is 247 Å². The number of carbonyl (C=O) groups is 3. The molecule has 0 unspecified atom stereocenters. The van der Waals surface area contributed by atoms with Crippen molar-refractivity contribution in [1.29, 1.82) is 0 Å². The minimum Gasteiger partial charge on any atom is -0.496 e. The van der Waals surface area contributed by atoms with Crippen molar-refractivity contribution in [1.82, 2.24) is 15.5 Å². The molecule has 222 valence electrons. The van der Waals surface area contributed by atoms with Crippen LogP contribution in [0.4, 0.5) is 5.69 Å². The second-order valence-corrected chi connectivity index (χ2v) is 11.3. The molecule has 1 aliphatic rings. The van der Waals surface area contributed by atoms with Crippen molar-refractivity contribution in [3.05, 3.63) is 75.3 Å². The number of ether oxygens (including phenoxy) is 3. The van der Waals surface area contributed by atoms with Crippen LogP contribution in [-0.2, 0) is 23.1 Å². The van der Waals surface area contributed by atoms with E-state index >= 15 is 0 Å². The Morgan fingerprint density at radius 3 is 2.26 bits per heavy atom. The van der Waals surface area contributed by atoms with Crippen LogP contribution < -0.4 is 29.6 Å². The van der Waals surface area contributed by atoms with E-state index in [0.717, 1.165) is 0 Å². The molecule has 1 heterocycles. The number of nitrogens with zero attached hydrogens (tertiary/aromatic N) is 1. The van der Waals surface area contributed by atoms with E-state index in [9.17, 15) is 22.8 Å². The zero-order chi connectivity index (χ0) is 30.8. The highest BCUT2D eigenvalue weighted by Gasteiger charge is 2.38. The molecule has 3 N–H and O–H groups in total. The second-order valence-electron chi connectivity index (χ2n) is 9.19. The van der Waals surface area contributed by atoms with Crippen LogP contribution in [0.3, 0.4) is 0 Å². The van der Waals surface area contributed by atoms with E-state index < -0.39 is 27.7 Å². The van der Waals surface area contributed by atoms with Crippen molar-refractivity contribution in [3.63, 3.8) is 0 Å². The fraction of sp³-hybridized carbons (Fsp3) is 0.250. The molecule has 1 aliphatic heterocycles. The second kappa shape index (κ2) is 12.2. The lowest BCUT2D eigenvalue weighted by atomic mass is 10.0. The van der Waals surface area contributed by atoms with E-state index in [-0.39, 0.29) is 51.9 Å². The predicted molar refractivity (Wildman–Crippen MR) is 155 cm³/mol. The first kappa shape index (κ1) is 30.5. The van der Waals surface area contributed by atoms with Crippen LogP contribution in [-0.4, -0.2) is 66.5 Å². The third kappa shape index (κ3) is 5.65. The average molecular weight is 617 g/mol. The summed E-state index contributed by atoms with van der Waals surface area (Å²) in [5, 5.41) is 5.64. The van der Waals surface area contributed by atoms with Gasteiger partial charge in [-0.05, 0) is 30.3 Å². The number of hydrogen-bond acceptors (Lipinski definition) is 8. The summed E-state index contributed by atoms with van der Waals surface area (Å²) in [7, 11) is 3.36. The number of carbonyl (C=O) groups excluding carboxylic acids is 3. The Morgan fingerprint density at radius 1 is 0.929 bits per heavy atom. The Bertz CT molecular complexity index is 1690. The zero-order valence-corrected chi connectivity index (χ0v) is 25.0. The molecule has 0 aromatic heterocycles. The summed E-state index contributed by atoms with van der Waals surface area (Å²) in [5.74, 6) is -0.708. The van der Waals surface area contributed by atoms with Crippen LogP contribution in [0.5, 0.6) is 17.2 Å². The first-order valence-electron chi connectivity index (χ1n) is 12.5. The first-order chi connectivity index (χ1) is 20.0. The molecular weight excluding hydrogens is 588 g/mol. The van der Waals surface area contributed by atoms with Crippen molar-refractivity contribution < 1.29 is 37.0 Å². The van der Waals surface area contributed by atoms with Crippen LogP contribution in [0, 0.1) is 0 Å². The summed E-state index contributed by atoms with van der Waals surface area (Å²) in [4.78, 5) is 40.4. The maximum atomic E-state index is 13.6. The van der Waals surface area contributed by atoms with Gasteiger partial charge in [0.1, 0.15) is 27.7 Å². The number of para-hydroxylation sites is 1. The van der Waals surface area contributed by atoms with Crippen molar-refractivity contribution in [2.45, 2.75) is 18.0 Å². The van der Waals surface area contributed by atoms with Gasteiger partial charge >= 0.3 is 0 Å². The van der Waals surface area contributed by atoms with Crippen molar-refractivity contribution in [3.8, 4) is 17.2 Å². The van der Waals surface area contributed by atoms with Gasteiger partial charge in [0.2, 0.25) is 0 Å². The highest BCUT2D eigenvalue weighted by atomic mass is 35.5. The molecule has 0 bridgehead atoms. The Hall–Kier alpha value is -4.49. The molecule has 0 aliphatic carbocycles. The monoisotopic (exact) mass is 616 g/mol. The molecule has 0 atom stereocenters. The molecule has 0 saturated heterocycles. The lowest BCUT2D eigenvalue weighted by molar-refractivity contribution is 0.0780. The molecule has 14 heteroatoms. The SMILES string of the molecule is CNC(=O)c1c2c(cc(CN(C)C(=O)c3cccc(CNC(=O)c4cc(Cl)ccc4OC)c3OC)c1OC)S(=O)(=O)N2. The highest BCUT2D eigenvalue weighted by molar-refractivity contribution is 7.94. The maximum absolute atomic E-state index is 13.6. The fourth-order valence-electron chi connectivity index (χ4n) is 4.64. The van der Waals surface area contributed by atoms with E-state index in [1.165, 1.54) is 52.5 Å². The van der Waals surface area contributed by atoms with E-state index in [0.29, 0.717) is 21.9 Å². The topological polar surface area (TPSA) is 152 Å². The molecule has 3 aromatic rings. The number of hydrogen-bond donors (Lipinski definition) is 3. The minimum absolute atomic E-state index is 0.0230. The molecule has 0 spiro atoms. The van der Waals surface area contributed by atoms with Crippen LogP contribution in [0.2, 0.25) is 5.02 Å². The quantitative estimate of drug-likeness (QED) is 0.314. The van der Waals surface area contributed by atoms with Crippen LogP contribution in [0.1, 0.15) is 42.2 Å². The number of halogens is 1. The number of anilines is 1. The molecule has 42 heavy (non-hydrogen) atoms. The summed E-state index contributed by atoms with van der Waals surface area (Å²) in [6.45, 7) is -0.0605. The summed E-state index contributed by atoms with van der Waals surface area (Å²) >= 11 is 6.05. The Kier molecular flexibility index (Phi) is 8.83. The molecule has 12 nitrogen and oxygen atoms in total. The van der Waals surface area contributed by atoms with Gasteiger partial charge in [0.15, 0.2) is 0 Å². The summed E-state index contributed by atoms with van der Waals surface area (Å²) in [6.07, 6.45) is 0. The normalized spacial score (nSPS) is 12.6. The lowest BCUT2D eigenvalue weighted by Gasteiger charge is -2.28. The van der Waals surface area contributed by atoms with E-state index in [2.05, 4.69) is 15.4 Å². The van der Waals surface area contributed by atoms with Gasteiger partial charge in [-0.2, -0.15) is 0 Å². The van der Waals surface area contributed by atoms with Gasteiger partial charge in [0.05, 0.1) is 38.1 Å². The lowest BCUT2D eigenvalue weighted by Crippen LogP contribution is -2.32. The number of fused-ring (bicyclic) bond motifs is 1. The summed E-state index contributed by atoms with van der Waals surface area (Å²) in [6, 6.07) is 11.0. The van der Waals surface area contributed by atoms with Crippen molar-refractivity contribution in [2.24, 2.45) is 0 Å². The molecule has 3 aromatic carbocycles. The first-order valence-corrected chi connectivity index (χ1v) is 14.3. The molecule has 4 rings (SSSR count). The fourth-order valence-corrected chi connectivity index (χ4v) is 5.97. The van der Waals surface area contributed by atoms with Gasteiger partial charge in [0, 0.05) is 43.3 Å². The standard InChI is InChI=1S/C28H29ClN4O8S/c1-30-27(35)22-23-21(42(37,38)32-23)11-16(25(22)41-5)14-33(2)28(36)18-8-6-7-15(24(18)40-4)13-31-26(34)19-12-17(29)9-10-20(19)39-3/h6-12,32H,13-14H2,1-5H3,(H,30,35)(H,31,34).